The Bertz CT molecular complexity index is 1700. The van der Waals surface area contributed by atoms with Crippen LogP contribution in [0.15, 0.2) is 54.9 Å². The van der Waals surface area contributed by atoms with Crippen LogP contribution < -0.4 is 21.1 Å². The fraction of sp³-hybridized carbons (Fsp3) is 0.267. The van der Waals surface area contributed by atoms with Gasteiger partial charge >= 0.3 is 5.97 Å². The molecule has 15 nitrogen and oxygen atoms in total. The maximum absolute atomic E-state index is 12.6. The molecule has 2 aromatic carbocycles. The van der Waals surface area contributed by atoms with E-state index in [4.69, 9.17) is 15.3 Å². The SMILES string of the molecule is Nc1nc(OCc2ccc(CNC(=O)c3ccc(CNC(=O)CCCC(=O)ON4C(=O)CCC4=O)cc3)cc2)c2nc[nH]c2n1. The fourth-order valence-electron chi connectivity index (χ4n) is 4.38. The van der Waals surface area contributed by atoms with Crippen LogP contribution in [0.25, 0.3) is 11.2 Å². The zero-order valence-electron chi connectivity index (χ0n) is 24.1. The molecule has 5 rings (SSSR count). The number of nitrogens with two attached hydrogens (primary N) is 1. The standard InChI is InChI=1S/C30H30N8O7/c31-30-36-27-26(34-17-35-27)29(37-30)44-16-20-6-4-18(5-7-20)15-33-28(43)21-10-8-19(9-11-21)14-32-22(39)2-1-3-25(42)45-38-23(40)12-13-24(38)41/h4-11,17H,1-3,12-16H2,(H,32,39)(H,33,43)(H3,31,34,35,36,37). The molecule has 0 aliphatic carbocycles. The van der Waals surface area contributed by atoms with Gasteiger partial charge in [0.15, 0.2) is 11.2 Å². The molecule has 0 bridgehead atoms. The van der Waals surface area contributed by atoms with Gasteiger partial charge in [0.05, 0.1) is 6.33 Å². The number of aromatic amines is 1. The molecule has 1 fully saturated rings. The summed E-state index contributed by atoms with van der Waals surface area (Å²) in [7, 11) is 0. The Hall–Kier alpha value is -5.86. The van der Waals surface area contributed by atoms with E-state index in [1.165, 1.54) is 6.33 Å². The molecule has 1 saturated heterocycles. The molecule has 15 heteroatoms. The highest BCUT2D eigenvalue weighted by molar-refractivity contribution is 6.01. The lowest BCUT2D eigenvalue weighted by Gasteiger charge is -2.12. The second-order valence-corrected chi connectivity index (χ2v) is 10.1. The first-order valence-electron chi connectivity index (χ1n) is 14.1. The van der Waals surface area contributed by atoms with E-state index >= 15 is 0 Å². The molecule has 5 N–H and O–H groups in total. The van der Waals surface area contributed by atoms with Gasteiger partial charge in [-0.1, -0.05) is 36.4 Å². The summed E-state index contributed by atoms with van der Waals surface area (Å²) >= 11 is 0. The number of amides is 4. The van der Waals surface area contributed by atoms with Crippen LogP contribution in [0.1, 0.15) is 59.2 Å². The van der Waals surface area contributed by atoms with Crippen LogP contribution in [0.5, 0.6) is 5.88 Å². The Morgan fingerprint density at radius 3 is 2.22 bits per heavy atom. The Balaban J connectivity index is 0.995. The number of benzene rings is 2. The Morgan fingerprint density at radius 2 is 1.51 bits per heavy atom. The maximum Gasteiger partial charge on any atom is 0.333 e. The lowest BCUT2D eigenvalue weighted by Crippen LogP contribution is -2.32. The number of rotatable bonds is 13. The number of imidazole rings is 1. The molecule has 45 heavy (non-hydrogen) atoms. The lowest BCUT2D eigenvalue weighted by atomic mass is 10.1. The topological polar surface area (TPSA) is 212 Å². The number of nitrogens with one attached hydrogen (secondary N) is 3. The fourth-order valence-corrected chi connectivity index (χ4v) is 4.38. The minimum absolute atomic E-state index is 0.0205. The van der Waals surface area contributed by atoms with Gasteiger partial charge in [-0.05, 0) is 35.2 Å². The molecular weight excluding hydrogens is 584 g/mol. The second kappa shape index (κ2) is 14.1. The van der Waals surface area contributed by atoms with E-state index in [-0.39, 0.29) is 68.9 Å². The number of hydrogen-bond acceptors (Lipinski definition) is 11. The van der Waals surface area contributed by atoms with Gasteiger partial charge in [0, 0.05) is 44.3 Å². The monoisotopic (exact) mass is 614 g/mol. The number of nitrogen functional groups attached to an aromatic ring is 1. The third-order valence-electron chi connectivity index (χ3n) is 6.81. The number of hydroxylamine groups is 2. The van der Waals surface area contributed by atoms with Gasteiger partial charge in [0.25, 0.3) is 17.7 Å². The van der Waals surface area contributed by atoms with Crippen molar-refractivity contribution in [2.75, 3.05) is 5.73 Å². The van der Waals surface area contributed by atoms with Crippen LogP contribution in [-0.2, 0) is 43.7 Å². The van der Waals surface area contributed by atoms with E-state index in [0.717, 1.165) is 16.7 Å². The van der Waals surface area contributed by atoms with E-state index in [1.807, 2.05) is 24.3 Å². The zero-order valence-corrected chi connectivity index (χ0v) is 24.1. The minimum atomic E-state index is -0.746. The quantitative estimate of drug-likeness (QED) is 0.160. The third-order valence-corrected chi connectivity index (χ3v) is 6.81. The van der Waals surface area contributed by atoms with E-state index in [2.05, 4.69) is 30.6 Å². The number of carbonyl (C=O) groups is 5. The number of nitrogens with zero attached hydrogens (tertiary/aromatic N) is 4. The molecule has 4 aromatic rings. The van der Waals surface area contributed by atoms with Crippen LogP contribution in [0.2, 0.25) is 0 Å². The predicted octanol–water partition coefficient (Wildman–Crippen LogP) is 1.84. The largest absolute Gasteiger partial charge is 0.471 e. The zero-order chi connectivity index (χ0) is 31.8. The number of H-pyrrole nitrogens is 1. The molecule has 4 amide bonds. The van der Waals surface area contributed by atoms with Gasteiger partial charge in [-0.2, -0.15) is 9.97 Å². The first-order chi connectivity index (χ1) is 21.7. The maximum atomic E-state index is 12.6. The number of imide groups is 1. The smallest absolute Gasteiger partial charge is 0.333 e. The highest BCUT2D eigenvalue weighted by Crippen LogP contribution is 2.21. The van der Waals surface area contributed by atoms with Crippen LogP contribution in [-0.4, -0.2) is 54.6 Å². The molecule has 0 atom stereocenters. The van der Waals surface area contributed by atoms with Crippen molar-refractivity contribution in [3.8, 4) is 5.88 Å². The van der Waals surface area contributed by atoms with Gasteiger partial charge in [0.1, 0.15) is 6.61 Å². The summed E-state index contributed by atoms with van der Waals surface area (Å²) in [6, 6.07) is 14.4. The van der Waals surface area contributed by atoms with E-state index < -0.39 is 17.8 Å². The van der Waals surface area contributed by atoms with Crippen LogP contribution in [0.4, 0.5) is 5.95 Å². The Labute approximate surface area is 256 Å². The number of carbonyl (C=O) groups excluding carboxylic acids is 5. The number of fused-ring (bicyclic) bond motifs is 1. The number of anilines is 1. The summed E-state index contributed by atoms with van der Waals surface area (Å²) in [5.74, 6) is -1.99. The van der Waals surface area contributed by atoms with Crippen molar-refractivity contribution in [3.05, 3.63) is 77.1 Å². The summed E-state index contributed by atoms with van der Waals surface area (Å²) in [6.07, 6.45) is 1.69. The van der Waals surface area contributed by atoms with Crippen molar-refractivity contribution < 1.29 is 33.5 Å². The number of aromatic nitrogens is 4. The van der Waals surface area contributed by atoms with Crippen molar-refractivity contribution in [3.63, 3.8) is 0 Å². The van der Waals surface area contributed by atoms with Gasteiger partial charge in [-0.15, -0.1) is 5.06 Å². The Morgan fingerprint density at radius 1 is 0.867 bits per heavy atom. The summed E-state index contributed by atoms with van der Waals surface area (Å²) in [4.78, 5) is 79.6. The van der Waals surface area contributed by atoms with E-state index in [1.54, 1.807) is 24.3 Å². The molecule has 3 heterocycles. The average Bonchev–Trinajstić information content (AvgIpc) is 3.64. The van der Waals surface area contributed by atoms with Crippen molar-refractivity contribution in [2.45, 2.75) is 51.8 Å². The molecule has 0 spiro atoms. The van der Waals surface area contributed by atoms with Gasteiger partial charge in [-0.3, -0.25) is 19.2 Å². The summed E-state index contributed by atoms with van der Waals surface area (Å²) in [6.45, 7) is 0.819. The van der Waals surface area contributed by atoms with Crippen molar-refractivity contribution in [1.29, 1.82) is 0 Å². The first-order valence-corrected chi connectivity index (χ1v) is 14.1. The van der Waals surface area contributed by atoms with Crippen LogP contribution in [0.3, 0.4) is 0 Å². The predicted molar refractivity (Wildman–Crippen MR) is 157 cm³/mol. The summed E-state index contributed by atoms with van der Waals surface area (Å²) < 4.78 is 5.79. The minimum Gasteiger partial charge on any atom is -0.471 e. The first kappa shape index (κ1) is 30.6. The van der Waals surface area contributed by atoms with Gasteiger partial charge in [0.2, 0.25) is 17.7 Å². The molecular formula is C30H30N8O7. The van der Waals surface area contributed by atoms with Crippen LogP contribution >= 0.6 is 0 Å². The van der Waals surface area contributed by atoms with E-state index in [0.29, 0.717) is 28.3 Å². The van der Waals surface area contributed by atoms with Crippen LogP contribution in [0, 0.1) is 0 Å². The molecule has 1 aliphatic heterocycles. The average molecular weight is 615 g/mol. The van der Waals surface area contributed by atoms with Crippen molar-refractivity contribution in [1.82, 2.24) is 35.6 Å². The number of hydrogen-bond donors (Lipinski definition) is 4. The van der Waals surface area contributed by atoms with Gasteiger partial charge in [-0.25, -0.2) is 9.78 Å². The van der Waals surface area contributed by atoms with E-state index in [9.17, 15) is 24.0 Å². The lowest BCUT2D eigenvalue weighted by molar-refractivity contribution is -0.197. The molecule has 2 aromatic heterocycles. The summed E-state index contributed by atoms with van der Waals surface area (Å²) in [5, 5.41) is 6.12. The Kier molecular flexibility index (Phi) is 9.57. The highest BCUT2D eigenvalue weighted by atomic mass is 16.7. The molecule has 1 aliphatic rings. The molecule has 232 valence electrons. The normalized spacial score (nSPS) is 12.8. The van der Waals surface area contributed by atoms with Gasteiger partial charge < -0.3 is 30.9 Å². The molecule has 0 radical (unpaired) electrons. The van der Waals surface area contributed by atoms with Crippen molar-refractivity contribution >= 4 is 46.7 Å². The molecule has 0 saturated carbocycles. The second-order valence-electron chi connectivity index (χ2n) is 10.1. The summed E-state index contributed by atoms with van der Waals surface area (Å²) in [5.41, 5.74) is 9.77. The number of ether oxygens (including phenoxy) is 1. The highest BCUT2D eigenvalue weighted by Gasteiger charge is 2.32. The van der Waals surface area contributed by atoms with Crippen molar-refractivity contribution in [2.24, 2.45) is 0 Å². The third kappa shape index (κ3) is 8.16. The molecule has 0 unspecified atom stereocenters.